The fourth-order valence-electron chi connectivity index (χ4n) is 1.84. The molecule has 8 nitrogen and oxygen atoms in total. The summed E-state index contributed by atoms with van der Waals surface area (Å²) in [4.78, 5) is 21.6. The molecule has 1 aromatic carbocycles. The Hall–Kier alpha value is -2.71. The Morgan fingerprint density at radius 1 is 1.35 bits per heavy atom. The Kier molecular flexibility index (Phi) is 4.57. The number of aromatic nitrogens is 4. The molecule has 0 aliphatic rings. The van der Waals surface area contributed by atoms with Crippen LogP contribution in [0.2, 0.25) is 0 Å². The number of fused-ring (bicyclic) bond motifs is 1. The lowest BCUT2D eigenvalue weighted by molar-refractivity contribution is 0.0685. The molecule has 0 fully saturated rings. The quantitative estimate of drug-likeness (QED) is 0.685. The molecule has 0 spiro atoms. The van der Waals surface area contributed by atoms with Crippen molar-refractivity contribution in [2.45, 2.75) is 6.54 Å². The van der Waals surface area contributed by atoms with Crippen molar-refractivity contribution >= 4 is 17.0 Å². The molecule has 6 N–H and O–H groups in total. The Balaban J connectivity index is 0.000001000. The third-order valence-corrected chi connectivity index (χ3v) is 2.67. The summed E-state index contributed by atoms with van der Waals surface area (Å²) < 4.78 is 1.94. The van der Waals surface area contributed by atoms with Crippen molar-refractivity contribution in [3.8, 4) is 0 Å². The predicted octanol–water partition coefficient (Wildman–Crippen LogP) is -0.144. The topological polar surface area (TPSA) is 147 Å². The number of carboxylic acid groups (broad SMARTS) is 1. The van der Waals surface area contributed by atoms with Crippen LogP contribution in [-0.4, -0.2) is 41.5 Å². The third-order valence-electron chi connectivity index (χ3n) is 2.67. The van der Waals surface area contributed by atoms with Gasteiger partial charge in [0, 0.05) is 18.9 Å². The molecule has 0 radical (unpaired) electrons. The number of H-pyrrole nitrogens is 1. The van der Waals surface area contributed by atoms with E-state index in [1.165, 1.54) is 0 Å². The van der Waals surface area contributed by atoms with Crippen LogP contribution in [0.4, 0.5) is 0 Å². The lowest BCUT2D eigenvalue weighted by Gasteiger charge is -2.01. The first-order chi connectivity index (χ1) is 8.72. The van der Waals surface area contributed by atoms with Gasteiger partial charge in [-0.15, -0.1) is 0 Å². The fraction of sp³-hybridized carbons (Fsp3) is 0.0833. The minimum atomic E-state index is -1.05. The van der Waals surface area contributed by atoms with Crippen LogP contribution in [0.1, 0.15) is 16.2 Å². The maximum absolute atomic E-state index is 10.8. The van der Waals surface area contributed by atoms with Crippen molar-refractivity contribution in [1.29, 1.82) is 0 Å². The molecule has 3 aromatic rings. The first-order valence-corrected chi connectivity index (χ1v) is 5.40. The minimum Gasteiger partial charge on any atom is -0.475 e. The zero-order valence-electron chi connectivity index (χ0n) is 10.4. The van der Waals surface area contributed by atoms with E-state index in [-0.39, 0.29) is 16.8 Å². The summed E-state index contributed by atoms with van der Waals surface area (Å²) in [7, 11) is 0. The fourth-order valence-corrected chi connectivity index (χ4v) is 1.84. The Labute approximate surface area is 113 Å². The lowest BCUT2D eigenvalue weighted by Crippen LogP contribution is -1.97. The van der Waals surface area contributed by atoms with Crippen molar-refractivity contribution in [1.82, 2.24) is 19.5 Å². The van der Waals surface area contributed by atoms with Gasteiger partial charge in [0.2, 0.25) is 5.82 Å². The largest absolute Gasteiger partial charge is 0.475 e. The Morgan fingerprint density at radius 3 is 2.80 bits per heavy atom. The van der Waals surface area contributed by atoms with E-state index in [4.69, 9.17) is 5.11 Å². The molecule has 8 heteroatoms. The summed E-state index contributed by atoms with van der Waals surface area (Å²) >= 11 is 0. The summed E-state index contributed by atoms with van der Waals surface area (Å²) in [5.74, 6) is -1.09. The van der Waals surface area contributed by atoms with E-state index in [1.54, 1.807) is 12.5 Å². The highest BCUT2D eigenvalue weighted by atomic mass is 16.4. The van der Waals surface area contributed by atoms with Gasteiger partial charge in [-0.2, -0.15) is 0 Å². The molecule has 0 aliphatic carbocycles. The van der Waals surface area contributed by atoms with Crippen molar-refractivity contribution in [2.75, 3.05) is 0 Å². The second kappa shape index (κ2) is 5.95. The number of rotatable bonds is 3. The molecule has 0 amide bonds. The van der Waals surface area contributed by atoms with Gasteiger partial charge in [-0.05, 0) is 17.7 Å². The van der Waals surface area contributed by atoms with Crippen LogP contribution in [0.5, 0.6) is 0 Å². The second-order valence-corrected chi connectivity index (χ2v) is 3.98. The van der Waals surface area contributed by atoms with Crippen molar-refractivity contribution < 1.29 is 20.9 Å². The normalized spacial score (nSPS) is 9.80. The lowest BCUT2D eigenvalue weighted by atomic mass is 10.2. The Bertz CT molecular complexity index is 705. The van der Waals surface area contributed by atoms with Crippen molar-refractivity contribution in [3.63, 3.8) is 0 Å². The van der Waals surface area contributed by atoms with Gasteiger partial charge in [0.1, 0.15) is 0 Å². The monoisotopic (exact) mass is 278 g/mol. The maximum atomic E-state index is 10.8. The SMILES string of the molecule is O.O.O=C(O)c1nc2cc(Cn3ccnc3)ccc2[nH]1. The molecule has 0 aliphatic heterocycles. The molecular formula is C12H14N4O4. The standard InChI is InChI=1S/C12H10N4O2.2H2O/c17-12(18)11-14-9-2-1-8(5-10(9)15-11)6-16-4-3-13-7-16;;/h1-5,7H,6H2,(H,14,15)(H,17,18);2*1H2. The average molecular weight is 278 g/mol. The van der Waals surface area contributed by atoms with Crippen LogP contribution in [0.3, 0.4) is 0 Å². The van der Waals surface area contributed by atoms with Crippen LogP contribution in [0, 0.1) is 0 Å². The summed E-state index contributed by atoms with van der Waals surface area (Å²) in [6.45, 7) is 0.686. The molecule has 0 unspecified atom stereocenters. The van der Waals surface area contributed by atoms with E-state index in [1.807, 2.05) is 29.0 Å². The summed E-state index contributed by atoms with van der Waals surface area (Å²) in [6, 6.07) is 5.64. The number of hydrogen-bond acceptors (Lipinski definition) is 3. The number of benzene rings is 1. The molecule has 106 valence electrons. The highest BCUT2D eigenvalue weighted by molar-refractivity contribution is 5.89. The van der Waals surface area contributed by atoms with Gasteiger partial charge in [-0.25, -0.2) is 14.8 Å². The van der Waals surface area contributed by atoms with E-state index in [0.717, 1.165) is 11.1 Å². The number of imidazole rings is 2. The van der Waals surface area contributed by atoms with Gasteiger partial charge in [0.05, 0.1) is 17.4 Å². The average Bonchev–Trinajstić information content (AvgIpc) is 2.96. The number of aromatic carboxylic acids is 1. The third kappa shape index (κ3) is 2.82. The zero-order valence-corrected chi connectivity index (χ0v) is 10.4. The molecule has 20 heavy (non-hydrogen) atoms. The maximum Gasteiger partial charge on any atom is 0.371 e. The van der Waals surface area contributed by atoms with Crippen LogP contribution < -0.4 is 0 Å². The van der Waals surface area contributed by atoms with Gasteiger partial charge in [0.25, 0.3) is 0 Å². The Morgan fingerprint density at radius 2 is 2.15 bits per heavy atom. The first kappa shape index (κ1) is 15.3. The summed E-state index contributed by atoms with van der Waals surface area (Å²) in [5.41, 5.74) is 2.43. The molecule has 0 saturated carbocycles. The highest BCUT2D eigenvalue weighted by Gasteiger charge is 2.09. The predicted molar refractivity (Wildman–Crippen MR) is 71.6 cm³/mol. The molecule has 2 heterocycles. The van der Waals surface area contributed by atoms with E-state index >= 15 is 0 Å². The minimum absolute atomic E-state index is 0. The summed E-state index contributed by atoms with van der Waals surface area (Å²) in [5, 5.41) is 8.86. The zero-order chi connectivity index (χ0) is 12.5. The number of nitrogens with one attached hydrogen (secondary N) is 1. The van der Waals surface area contributed by atoms with E-state index in [9.17, 15) is 4.79 Å². The van der Waals surface area contributed by atoms with E-state index < -0.39 is 5.97 Å². The highest BCUT2D eigenvalue weighted by Crippen LogP contribution is 2.14. The molecule has 2 aromatic heterocycles. The molecular weight excluding hydrogens is 264 g/mol. The second-order valence-electron chi connectivity index (χ2n) is 3.98. The van der Waals surface area contributed by atoms with E-state index in [0.29, 0.717) is 12.1 Å². The molecule has 0 atom stereocenters. The van der Waals surface area contributed by atoms with Crippen molar-refractivity contribution in [3.05, 3.63) is 48.3 Å². The molecule has 0 saturated heterocycles. The van der Waals surface area contributed by atoms with Gasteiger partial charge in [0.15, 0.2) is 0 Å². The number of aromatic amines is 1. The number of nitrogens with zero attached hydrogens (tertiary/aromatic N) is 3. The molecule has 0 bridgehead atoms. The van der Waals surface area contributed by atoms with E-state index in [2.05, 4.69) is 15.0 Å². The first-order valence-electron chi connectivity index (χ1n) is 5.40. The van der Waals surface area contributed by atoms with Gasteiger partial charge in [-0.3, -0.25) is 0 Å². The molecule has 3 rings (SSSR count). The number of carbonyl (C=O) groups is 1. The number of carboxylic acids is 1. The number of hydrogen-bond donors (Lipinski definition) is 2. The van der Waals surface area contributed by atoms with Gasteiger partial charge >= 0.3 is 5.97 Å². The van der Waals surface area contributed by atoms with Crippen LogP contribution in [-0.2, 0) is 6.54 Å². The smallest absolute Gasteiger partial charge is 0.371 e. The summed E-state index contributed by atoms with van der Waals surface area (Å²) in [6.07, 6.45) is 5.32. The van der Waals surface area contributed by atoms with Crippen LogP contribution >= 0.6 is 0 Å². The van der Waals surface area contributed by atoms with Gasteiger partial charge < -0.3 is 25.6 Å². The van der Waals surface area contributed by atoms with Crippen molar-refractivity contribution in [2.24, 2.45) is 0 Å². The van der Waals surface area contributed by atoms with Gasteiger partial charge in [-0.1, -0.05) is 6.07 Å². The van der Waals surface area contributed by atoms with Crippen LogP contribution in [0.15, 0.2) is 36.9 Å². The van der Waals surface area contributed by atoms with Crippen LogP contribution in [0.25, 0.3) is 11.0 Å².